The lowest BCUT2D eigenvalue weighted by molar-refractivity contribution is -0.116. The number of halogens is 1. The van der Waals surface area contributed by atoms with Gasteiger partial charge in [0.25, 0.3) is 0 Å². The van der Waals surface area contributed by atoms with Gasteiger partial charge in [-0.2, -0.15) is 0 Å². The number of carbonyl (C=O) groups excluding carboxylic acids is 1. The molecule has 2 rings (SSSR count). The fraction of sp³-hybridized carbons (Fsp3) is 0.286. The summed E-state index contributed by atoms with van der Waals surface area (Å²) in [5.74, 6) is -0.468. The zero-order valence-corrected chi connectivity index (χ0v) is 10.9. The van der Waals surface area contributed by atoms with Gasteiger partial charge < -0.3 is 9.88 Å². The Hall–Kier alpha value is -2.17. The van der Waals surface area contributed by atoms with Gasteiger partial charge in [-0.15, -0.1) is 0 Å². The second-order valence-corrected chi connectivity index (χ2v) is 4.58. The Morgan fingerprint density at radius 3 is 2.95 bits per heavy atom. The van der Waals surface area contributed by atoms with Crippen LogP contribution in [-0.4, -0.2) is 15.5 Å². The second-order valence-electron chi connectivity index (χ2n) is 4.58. The summed E-state index contributed by atoms with van der Waals surface area (Å²) in [6.07, 6.45) is 5.46. The van der Waals surface area contributed by atoms with Crippen molar-refractivity contribution in [2.24, 2.45) is 0 Å². The number of aromatic nitrogens is 2. The van der Waals surface area contributed by atoms with Gasteiger partial charge in [-0.3, -0.25) is 4.79 Å². The quantitative estimate of drug-likeness (QED) is 0.919. The highest BCUT2D eigenvalue weighted by Crippen LogP contribution is 2.15. The van der Waals surface area contributed by atoms with Gasteiger partial charge in [0, 0.05) is 30.5 Å². The van der Waals surface area contributed by atoms with E-state index in [1.165, 1.54) is 6.07 Å². The molecule has 1 amide bonds. The average molecular weight is 261 g/mol. The molecule has 4 nitrogen and oxygen atoms in total. The molecular weight excluding hydrogens is 245 g/mol. The van der Waals surface area contributed by atoms with E-state index in [2.05, 4.69) is 10.3 Å². The lowest BCUT2D eigenvalue weighted by Gasteiger charge is -2.13. The molecular formula is C14H16FN3O. The molecule has 2 aromatic rings. The van der Waals surface area contributed by atoms with Crippen molar-refractivity contribution in [1.29, 1.82) is 0 Å². The molecule has 1 heterocycles. The zero-order chi connectivity index (χ0) is 13.8. The number of nitrogens with zero attached hydrogens (tertiary/aromatic N) is 2. The normalized spacial score (nSPS) is 12.2. The van der Waals surface area contributed by atoms with E-state index in [9.17, 15) is 9.18 Å². The first kappa shape index (κ1) is 13.3. The number of nitrogens with one attached hydrogen (secondary N) is 1. The highest BCUT2D eigenvalue weighted by atomic mass is 19.1. The van der Waals surface area contributed by atoms with Crippen molar-refractivity contribution in [1.82, 2.24) is 9.55 Å². The first-order valence-electron chi connectivity index (χ1n) is 6.09. The Balaban J connectivity index is 1.95. The predicted molar refractivity (Wildman–Crippen MR) is 71.3 cm³/mol. The fourth-order valence-electron chi connectivity index (χ4n) is 1.79. The van der Waals surface area contributed by atoms with Gasteiger partial charge in [-0.1, -0.05) is 6.07 Å². The number of amides is 1. The topological polar surface area (TPSA) is 46.9 Å². The van der Waals surface area contributed by atoms with Crippen LogP contribution in [0.2, 0.25) is 0 Å². The average Bonchev–Trinajstić information content (AvgIpc) is 2.87. The lowest BCUT2D eigenvalue weighted by atomic mass is 10.2. The summed E-state index contributed by atoms with van der Waals surface area (Å²) in [5.41, 5.74) is 1.04. The second kappa shape index (κ2) is 5.65. The highest BCUT2D eigenvalue weighted by molar-refractivity contribution is 5.90. The van der Waals surface area contributed by atoms with Crippen LogP contribution < -0.4 is 5.32 Å². The summed E-state index contributed by atoms with van der Waals surface area (Å²) in [4.78, 5) is 15.8. The predicted octanol–water partition coefficient (Wildman–Crippen LogP) is 2.92. The smallest absolute Gasteiger partial charge is 0.226 e. The first-order chi connectivity index (χ1) is 9.06. The molecule has 0 radical (unpaired) electrons. The van der Waals surface area contributed by atoms with Crippen LogP contribution in [0.4, 0.5) is 10.1 Å². The van der Waals surface area contributed by atoms with Gasteiger partial charge in [0.2, 0.25) is 5.91 Å². The Morgan fingerprint density at radius 2 is 2.32 bits per heavy atom. The number of benzene rings is 1. The van der Waals surface area contributed by atoms with E-state index in [1.807, 2.05) is 17.7 Å². The van der Waals surface area contributed by atoms with Crippen LogP contribution in [0.15, 0.2) is 36.9 Å². The maximum absolute atomic E-state index is 13.4. The third-order valence-electron chi connectivity index (χ3n) is 2.97. The fourth-order valence-corrected chi connectivity index (χ4v) is 1.79. The lowest BCUT2D eigenvalue weighted by Crippen LogP contribution is -2.17. The maximum atomic E-state index is 13.4. The van der Waals surface area contributed by atoms with Crippen LogP contribution in [0.25, 0.3) is 0 Å². The van der Waals surface area contributed by atoms with Crippen LogP contribution >= 0.6 is 0 Å². The van der Waals surface area contributed by atoms with Crippen molar-refractivity contribution >= 4 is 11.6 Å². The van der Waals surface area contributed by atoms with E-state index < -0.39 is 0 Å². The van der Waals surface area contributed by atoms with Crippen LogP contribution in [-0.2, 0) is 4.79 Å². The molecule has 0 spiro atoms. The van der Waals surface area contributed by atoms with Crippen molar-refractivity contribution in [3.05, 3.63) is 48.3 Å². The summed E-state index contributed by atoms with van der Waals surface area (Å²) in [6, 6.07) is 4.68. The Bertz CT molecular complexity index is 566. The zero-order valence-electron chi connectivity index (χ0n) is 10.9. The van der Waals surface area contributed by atoms with Gasteiger partial charge in [0.15, 0.2) is 0 Å². The third-order valence-corrected chi connectivity index (χ3v) is 2.97. The minimum atomic E-state index is -0.319. The summed E-state index contributed by atoms with van der Waals surface area (Å²) in [6.45, 7) is 3.61. The molecule has 0 aliphatic carbocycles. The molecule has 5 heteroatoms. The van der Waals surface area contributed by atoms with Crippen molar-refractivity contribution in [2.45, 2.75) is 26.3 Å². The molecule has 0 saturated carbocycles. The van der Waals surface area contributed by atoms with Crippen LogP contribution in [0.5, 0.6) is 0 Å². The van der Waals surface area contributed by atoms with E-state index in [0.29, 0.717) is 17.7 Å². The van der Waals surface area contributed by atoms with E-state index in [1.54, 1.807) is 31.6 Å². The van der Waals surface area contributed by atoms with E-state index in [4.69, 9.17) is 0 Å². The molecule has 1 aromatic heterocycles. The molecule has 1 N–H and O–H groups in total. The van der Waals surface area contributed by atoms with Crippen molar-refractivity contribution in [3.63, 3.8) is 0 Å². The van der Waals surface area contributed by atoms with E-state index in [0.717, 1.165) is 0 Å². The molecule has 0 aliphatic rings. The molecule has 0 fully saturated rings. The Kier molecular flexibility index (Phi) is 3.94. The van der Waals surface area contributed by atoms with E-state index >= 15 is 0 Å². The van der Waals surface area contributed by atoms with Gasteiger partial charge >= 0.3 is 0 Å². The van der Waals surface area contributed by atoms with Crippen LogP contribution in [0.3, 0.4) is 0 Å². The van der Waals surface area contributed by atoms with Crippen molar-refractivity contribution in [3.8, 4) is 0 Å². The van der Waals surface area contributed by atoms with Crippen LogP contribution in [0, 0.1) is 12.7 Å². The van der Waals surface area contributed by atoms with Crippen molar-refractivity contribution in [2.75, 3.05) is 5.32 Å². The summed E-state index contributed by atoms with van der Waals surface area (Å²) in [5, 5.41) is 2.69. The highest BCUT2D eigenvalue weighted by Gasteiger charge is 2.11. The molecule has 100 valence electrons. The number of anilines is 1. The van der Waals surface area contributed by atoms with E-state index in [-0.39, 0.29) is 17.8 Å². The summed E-state index contributed by atoms with van der Waals surface area (Å²) < 4.78 is 15.2. The van der Waals surface area contributed by atoms with Crippen LogP contribution in [0.1, 0.15) is 24.9 Å². The Morgan fingerprint density at radius 1 is 1.53 bits per heavy atom. The molecule has 0 bridgehead atoms. The standard InChI is InChI=1S/C14H16FN3O/c1-10-3-4-12(8-13(10)15)17-14(19)7-11(2)18-6-5-16-9-18/h3-6,8-9,11H,7H2,1-2H3,(H,17,19)/t11-/m0/s1. The Labute approximate surface area is 111 Å². The molecule has 1 aromatic carbocycles. The number of rotatable bonds is 4. The number of hydrogen-bond donors (Lipinski definition) is 1. The summed E-state index contributed by atoms with van der Waals surface area (Å²) >= 11 is 0. The number of imidazole rings is 1. The molecule has 0 unspecified atom stereocenters. The largest absolute Gasteiger partial charge is 0.334 e. The molecule has 1 atom stereocenters. The van der Waals surface area contributed by atoms with Gasteiger partial charge in [0.05, 0.1) is 6.33 Å². The minimum absolute atomic E-state index is 0.0118. The molecule has 0 aliphatic heterocycles. The number of hydrogen-bond acceptors (Lipinski definition) is 2. The number of carbonyl (C=O) groups is 1. The molecule has 19 heavy (non-hydrogen) atoms. The molecule has 0 saturated heterocycles. The minimum Gasteiger partial charge on any atom is -0.334 e. The third kappa shape index (κ3) is 3.40. The van der Waals surface area contributed by atoms with Crippen molar-refractivity contribution < 1.29 is 9.18 Å². The van der Waals surface area contributed by atoms with Gasteiger partial charge in [-0.05, 0) is 31.5 Å². The summed E-state index contributed by atoms with van der Waals surface area (Å²) in [7, 11) is 0. The first-order valence-corrected chi connectivity index (χ1v) is 6.09. The number of aryl methyl sites for hydroxylation is 1. The SMILES string of the molecule is Cc1ccc(NC(=O)C[C@H](C)n2ccnc2)cc1F. The van der Waals surface area contributed by atoms with Gasteiger partial charge in [0.1, 0.15) is 5.82 Å². The maximum Gasteiger partial charge on any atom is 0.226 e. The van der Waals surface area contributed by atoms with Gasteiger partial charge in [-0.25, -0.2) is 9.37 Å². The monoisotopic (exact) mass is 261 g/mol.